The summed E-state index contributed by atoms with van der Waals surface area (Å²) in [5.74, 6) is 0. The molecule has 0 saturated carbocycles. The van der Waals surface area contributed by atoms with Crippen molar-refractivity contribution in [1.29, 1.82) is 0 Å². The maximum Gasteiger partial charge on any atom is 0.240 e. The predicted molar refractivity (Wildman–Crippen MR) is 112 cm³/mol. The van der Waals surface area contributed by atoms with Crippen LogP contribution < -0.4 is 4.72 Å². The fourth-order valence-corrected chi connectivity index (χ4v) is 6.65. The van der Waals surface area contributed by atoms with Gasteiger partial charge in [0.15, 0.2) is 9.84 Å². The molecule has 5 nitrogen and oxygen atoms in total. The first-order valence-corrected chi connectivity index (χ1v) is 12.5. The van der Waals surface area contributed by atoms with Gasteiger partial charge >= 0.3 is 0 Å². The van der Waals surface area contributed by atoms with Crippen molar-refractivity contribution in [2.24, 2.45) is 0 Å². The minimum absolute atomic E-state index is 0.107. The number of rotatable bonds is 7. The zero-order valence-electron chi connectivity index (χ0n) is 15.5. The van der Waals surface area contributed by atoms with Gasteiger partial charge in [-0.05, 0) is 49.6 Å². The molecule has 0 unspecified atom stereocenters. The van der Waals surface area contributed by atoms with Gasteiger partial charge in [0.2, 0.25) is 10.0 Å². The summed E-state index contributed by atoms with van der Waals surface area (Å²) >= 11 is 1.29. The van der Waals surface area contributed by atoms with Crippen LogP contribution in [-0.2, 0) is 19.9 Å². The molecule has 1 atom stereocenters. The summed E-state index contributed by atoms with van der Waals surface area (Å²) in [5.41, 5.74) is 1.89. The van der Waals surface area contributed by atoms with E-state index >= 15 is 0 Å². The van der Waals surface area contributed by atoms with Gasteiger partial charge < -0.3 is 0 Å². The zero-order chi connectivity index (χ0) is 20.4. The zero-order valence-corrected chi connectivity index (χ0v) is 17.9. The second-order valence-electron chi connectivity index (χ2n) is 6.53. The fraction of sp³-hybridized carbons (Fsp3) is 0.200. The van der Waals surface area contributed by atoms with Gasteiger partial charge in [0.1, 0.15) is 5.25 Å². The van der Waals surface area contributed by atoms with Gasteiger partial charge in [0.05, 0.1) is 9.79 Å². The highest BCUT2D eigenvalue weighted by atomic mass is 32.2. The summed E-state index contributed by atoms with van der Waals surface area (Å²) in [7, 11) is -7.59. The van der Waals surface area contributed by atoms with Gasteiger partial charge in [-0.15, -0.1) is 11.3 Å². The van der Waals surface area contributed by atoms with E-state index in [1.165, 1.54) is 23.5 Å². The Morgan fingerprint density at radius 1 is 0.821 bits per heavy atom. The van der Waals surface area contributed by atoms with Crippen LogP contribution in [-0.4, -0.2) is 23.4 Å². The molecular weight excluding hydrogens is 414 g/mol. The Balaban J connectivity index is 1.91. The van der Waals surface area contributed by atoms with Crippen molar-refractivity contribution in [1.82, 2.24) is 4.72 Å². The van der Waals surface area contributed by atoms with E-state index in [4.69, 9.17) is 0 Å². The number of sulfone groups is 1. The first-order valence-electron chi connectivity index (χ1n) is 8.60. The number of nitrogens with one attached hydrogen (secondary N) is 1. The quantitative estimate of drug-likeness (QED) is 0.611. The summed E-state index contributed by atoms with van der Waals surface area (Å²) in [6.07, 6.45) is 0. The van der Waals surface area contributed by atoms with E-state index in [1.54, 1.807) is 53.9 Å². The maximum atomic E-state index is 13.2. The minimum Gasteiger partial charge on any atom is -0.223 e. The van der Waals surface area contributed by atoms with Crippen LogP contribution in [0.15, 0.2) is 75.8 Å². The smallest absolute Gasteiger partial charge is 0.223 e. The number of thiophene rings is 1. The van der Waals surface area contributed by atoms with Gasteiger partial charge in [-0.1, -0.05) is 41.5 Å². The topological polar surface area (TPSA) is 80.3 Å². The predicted octanol–water partition coefficient (Wildman–Crippen LogP) is 3.86. The normalized spacial score (nSPS) is 13.4. The van der Waals surface area contributed by atoms with Crippen LogP contribution in [0.1, 0.15) is 21.3 Å². The Morgan fingerprint density at radius 2 is 1.36 bits per heavy atom. The molecule has 0 aliphatic heterocycles. The Morgan fingerprint density at radius 3 is 1.86 bits per heavy atom. The lowest BCUT2D eigenvalue weighted by Crippen LogP contribution is -2.31. The molecular formula is C20H21NO4S3. The van der Waals surface area contributed by atoms with Crippen molar-refractivity contribution < 1.29 is 16.8 Å². The molecule has 0 radical (unpaired) electrons. The largest absolute Gasteiger partial charge is 0.240 e. The SMILES string of the molecule is Cc1ccc(S(=O)(=O)NC[C@H](c2cccs2)S(=O)(=O)c2ccc(C)cc2)cc1. The lowest BCUT2D eigenvalue weighted by atomic mass is 10.2. The minimum atomic E-state index is -3.82. The van der Waals surface area contributed by atoms with Crippen molar-refractivity contribution in [3.63, 3.8) is 0 Å². The first-order chi connectivity index (χ1) is 13.2. The third-order valence-corrected chi connectivity index (χ3v) is 9.05. The summed E-state index contributed by atoms with van der Waals surface area (Å²) < 4.78 is 54.1. The number of benzene rings is 2. The summed E-state index contributed by atoms with van der Waals surface area (Å²) in [6, 6.07) is 16.5. The molecule has 1 aromatic heterocycles. The molecule has 1 heterocycles. The van der Waals surface area contributed by atoms with Crippen LogP contribution in [0, 0.1) is 13.8 Å². The molecule has 1 N–H and O–H groups in total. The Labute approximate surface area is 170 Å². The van der Waals surface area contributed by atoms with Crippen molar-refractivity contribution in [3.8, 4) is 0 Å². The Bertz CT molecular complexity index is 1130. The van der Waals surface area contributed by atoms with E-state index in [0.717, 1.165) is 11.1 Å². The molecule has 0 saturated heterocycles. The average Bonchev–Trinajstić information content (AvgIpc) is 3.16. The highest BCUT2D eigenvalue weighted by Crippen LogP contribution is 2.32. The van der Waals surface area contributed by atoms with E-state index in [0.29, 0.717) is 4.88 Å². The summed E-state index contributed by atoms with van der Waals surface area (Å²) in [6.45, 7) is 3.50. The van der Waals surface area contributed by atoms with Crippen molar-refractivity contribution in [2.75, 3.05) is 6.54 Å². The fourth-order valence-electron chi connectivity index (χ4n) is 2.72. The number of aryl methyl sites for hydroxylation is 2. The molecule has 3 rings (SSSR count). The van der Waals surface area contributed by atoms with Crippen molar-refractivity contribution in [2.45, 2.75) is 28.9 Å². The standard InChI is InChI=1S/C20H21NO4S3/c1-15-5-9-17(10-6-15)27(22,23)20(19-4-3-13-26-19)14-21-28(24,25)18-11-7-16(2)8-12-18/h3-13,20-21H,14H2,1-2H3/t20-/m1/s1. The highest BCUT2D eigenvalue weighted by Gasteiger charge is 2.31. The maximum absolute atomic E-state index is 13.2. The van der Waals surface area contributed by atoms with Crippen LogP contribution in [0.25, 0.3) is 0 Å². The molecule has 0 spiro atoms. The average molecular weight is 436 g/mol. The number of hydrogen-bond donors (Lipinski definition) is 1. The lowest BCUT2D eigenvalue weighted by Gasteiger charge is -2.18. The molecule has 0 bridgehead atoms. The van der Waals surface area contributed by atoms with Crippen molar-refractivity contribution >= 4 is 31.2 Å². The molecule has 8 heteroatoms. The van der Waals surface area contributed by atoms with Gasteiger partial charge in [-0.25, -0.2) is 21.6 Å². The molecule has 3 aromatic rings. The van der Waals surface area contributed by atoms with Gasteiger partial charge in [0.25, 0.3) is 0 Å². The van der Waals surface area contributed by atoms with Crippen LogP contribution in [0.2, 0.25) is 0 Å². The molecule has 0 amide bonds. The van der Waals surface area contributed by atoms with Gasteiger partial charge in [-0.2, -0.15) is 0 Å². The third-order valence-electron chi connectivity index (χ3n) is 4.37. The van der Waals surface area contributed by atoms with E-state index in [2.05, 4.69) is 4.72 Å². The van der Waals surface area contributed by atoms with E-state index in [9.17, 15) is 16.8 Å². The lowest BCUT2D eigenvalue weighted by molar-refractivity contribution is 0.569. The van der Waals surface area contributed by atoms with Gasteiger partial charge in [0, 0.05) is 11.4 Å². The Hall–Kier alpha value is -2.00. The van der Waals surface area contributed by atoms with Crippen LogP contribution in [0.3, 0.4) is 0 Å². The third kappa shape index (κ3) is 4.52. The summed E-state index contributed by atoms with van der Waals surface area (Å²) in [4.78, 5) is 0.869. The summed E-state index contributed by atoms with van der Waals surface area (Å²) in [5, 5.41) is 0.775. The number of hydrogen-bond acceptors (Lipinski definition) is 5. The molecule has 148 valence electrons. The second kappa shape index (κ2) is 8.16. The molecule has 28 heavy (non-hydrogen) atoms. The van der Waals surface area contributed by atoms with Gasteiger partial charge in [-0.3, -0.25) is 0 Å². The van der Waals surface area contributed by atoms with Crippen LogP contribution >= 0.6 is 11.3 Å². The molecule has 0 aliphatic rings. The highest BCUT2D eigenvalue weighted by molar-refractivity contribution is 7.92. The molecule has 0 fully saturated rings. The molecule has 2 aromatic carbocycles. The monoisotopic (exact) mass is 435 g/mol. The van der Waals surface area contributed by atoms with E-state index in [-0.39, 0.29) is 16.3 Å². The van der Waals surface area contributed by atoms with E-state index in [1.807, 2.05) is 13.8 Å². The first kappa shape index (κ1) is 20.7. The van der Waals surface area contributed by atoms with Crippen LogP contribution in [0.4, 0.5) is 0 Å². The van der Waals surface area contributed by atoms with Crippen molar-refractivity contribution in [3.05, 3.63) is 82.0 Å². The van der Waals surface area contributed by atoms with Crippen LogP contribution in [0.5, 0.6) is 0 Å². The van der Waals surface area contributed by atoms with E-state index < -0.39 is 25.1 Å². The molecule has 0 aliphatic carbocycles. The Kier molecular flexibility index (Phi) is 6.04. The second-order valence-corrected chi connectivity index (χ2v) is 11.4. The number of sulfonamides is 1.